The van der Waals surface area contributed by atoms with Crippen molar-refractivity contribution in [2.24, 2.45) is 13.0 Å². The largest absolute Gasteiger partial charge is 0.481 e. The molecule has 1 heterocycles. The van der Waals surface area contributed by atoms with Gasteiger partial charge >= 0.3 is 11.7 Å². The van der Waals surface area contributed by atoms with Crippen LogP contribution in [0.3, 0.4) is 0 Å². The van der Waals surface area contributed by atoms with Crippen LogP contribution in [0.1, 0.15) is 13.8 Å². The second-order valence-corrected chi connectivity index (χ2v) is 4.05. The van der Waals surface area contributed by atoms with E-state index in [-0.39, 0.29) is 18.1 Å². The first-order valence-corrected chi connectivity index (χ1v) is 5.52. The molecule has 0 saturated heterocycles. The summed E-state index contributed by atoms with van der Waals surface area (Å²) in [5.41, 5.74) is -0.114. The van der Waals surface area contributed by atoms with Gasteiger partial charge in [-0.05, 0) is 6.92 Å². The van der Waals surface area contributed by atoms with Crippen LogP contribution in [-0.2, 0) is 11.8 Å². The van der Waals surface area contributed by atoms with Crippen molar-refractivity contribution < 1.29 is 14.8 Å². The van der Waals surface area contributed by atoms with Crippen LogP contribution in [0.5, 0.6) is 0 Å². The molecule has 1 N–H and O–H groups in total. The lowest BCUT2D eigenvalue weighted by Gasteiger charge is -2.21. The minimum absolute atomic E-state index is 0.114. The Bertz CT molecular complexity index is 457. The van der Waals surface area contributed by atoms with E-state index < -0.39 is 16.8 Å². The molecule has 0 fully saturated rings. The Morgan fingerprint density at radius 1 is 1.72 bits per heavy atom. The van der Waals surface area contributed by atoms with Gasteiger partial charge in [0, 0.05) is 20.1 Å². The molecule has 0 amide bonds. The van der Waals surface area contributed by atoms with E-state index in [9.17, 15) is 14.9 Å². The fourth-order valence-electron chi connectivity index (χ4n) is 1.59. The average Bonchev–Trinajstić information content (AvgIpc) is 2.67. The van der Waals surface area contributed by atoms with Crippen molar-refractivity contribution in [2.45, 2.75) is 13.8 Å². The predicted molar refractivity (Wildman–Crippen MR) is 64.5 cm³/mol. The third kappa shape index (κ3) is 2.96. The molecule has 0 bridgehead atoms. The summed E-state index contributed by atoms with van der Waals surface area (Å²) in [6, 6.07) is 0. The van der Waals surface area contributed by atoms with Crippen LogP contribution in [0.4, 0.5) is 11.5 Å². The van der Waals surface area contributed by atoms with Crippen molar-refractivity contribution in [1.29, 1.82) is 0 Å². The Morgan fingerprint density at radius 2 is 2.33 bits per heavy atom. The molecule has 0 saturated carbocycles. The quantitative estimate of drug-likeness (QED) is 0.598. The lowest BCUT2D eigenvalue weighted by atomic mass is 10.1. The summed E-state index contributed by atoms with van der Waals surface area (Å²) in [5, 5.41) is 23.8. The maximum atomic E-state index is 10.9. The van der Waals surface area contributed by atoms with Gasteiger partial charge in [0.1, 0.15) is 6.20 Å². The molecular weight excluding hydrogens is 240 g/mol. The minimum Gasteiger partial charge on any atom is -0.481 e. The van der Waals surface area contributed by atoms with Crippen LogP contribution in [0.2, 0.25) is 0 Å². The Kier molecular flexibility index (Phi) is 4.24. The monoisotopic (exact) mass is 256 g/mol. The molecule has 1 unspecified atom stereocenters. The summed E-state index contributed by atoms with van der Waals surface area (Å²) >= 11 is 0. The van der Waals surface area contributed by atoms with Gasteiger partial charge in [-0.2, -0.15) is 0 Å². The first kappa shape index (κ1) is 13.9. The molecular formula is C10H16N4O4. The highest BCUT2D eigenvalue weighted by Gasteiger charge is 2.25. The SMILES string of the molecule is CCN(CC(C)C(=O)O)c1nn(C)cc1[N+](=O)[O-]. The topological polar surface area (TPSA) is 102 Å². The van der Waals surface area contributed by atoms with Gasteiger partial charge in [0.25, 0.3) is 0 Å². The number of rotatable bonds is 6. The molecule has 100 valence electrons. The van der Waals surface area contributed by atoms with Gasteiger partial charge in [0.2, 0.25) is 5.82 Å². The van der Waals surface area contributed by atoms with Gasteiger partial charge in [0.05, 0.1) is 10.8 Å². The number of nitrogens with zero attached hydrogens (tertiary/aromatic N) is 4. The predicted octanol–water partition coefficient (Wildman–Crippen LogP) is 0.875. The van der Waals surface area contributed by atoms with Crippen LogP contribution in [0.25, 0.3) is 0 Å². The van der Waals surface area contributed by atoms with Crippen LogP contribution < -0.4 is 4.90 Å². The van der Waals surface area contributed by atoms with Crippen LogP contribution in [-0.4, -0.2) is 38.9 Å². The Morgan fingerprint density at radius 3 is 2.78 bits per heavy atom. The van der Waals surface area contributed by atoms with E-state index in [0.717, 1.165) is 0 Å². The van der Waals surface area contributed by atoms with Gasteiger partial charge in [0.15, 0.2) is 0 Å². The third-order valence-electron chi connectivity index (χ3n) is 2.58. The van der Waals surface area contributed by atoms with Crippen LogP contribution in [0, 0.1) is 16.0 Å². The summed E-state index contributed by atoms with van der Waals surface area (Å²) in [6.07, 6.45) is 1.31. The van der Waals surface area contributed by atoms with Gasteiger partial charge in [-0.15, -0.1) is 5.10 Å². The average molecular weight is 256 g/mol. The maximum Gasteiger partial charge on any atom is 0.330 e. The van der Waals surface area contributed by atoms with Crippen LogP contribution >= 0.6 is 0 Å². The molecule has 1 aromatic heterocycles. The number of carbonyl (C=O) groups is 1. The molecule has 8 nitrogen and oxygen atoms in total. The van der Waals surface area contributed by atoms with E-state index in [1.54, 1.807) is 25.8 Å². The second-order valence-electron chi connectivity index (χ2n) is 4.05. The molecule has 1 aromatic rings. The van der Waals surface area contributed by atoms with Crippen molar-refractivity contribution >= 4 is 17.5 Å². The fourth-order valence-corrected chi connectivity index (χ4v) is 1.59. The number of hydrogen-bond acceptors (Lipinski definition) is 5. The maximum absolute atomic E-state index is 10.9. The molecule has 0 radical (unpaired) electrons. The third-order valence-corrected chi connectivity index (χ3v) is 2.58. The van der Waals surface area contributed by atoms with Gasteiger partial charge in [-0.1, -0.05) is 6.92 Å². The van der Waals surface area contributed by atoms with E-state index in [0.29, 0.717) is 6.54 Å². The molecule has 0 aromatic carbocycles. The number of carboxylic acids is 1. The number of anilines is 1. The van der Waals surface area contributed by atoms with Crippen molar-refractivity contribution in [1.82, 2.24) is 9.78 Å². The van der Waals surface area contributed by atoms with E-state index in [4.69, 9.17) is 5.11 Å². The summed E-state index contributed by atoms with van der Waals surface area (Å²) in [7, 11) is 1.59. The number of aromatic nitrogens is 2. The Hall–Kier alpha value is -2.12. The Balaban J connectivity index is 3.01. The van der Waals surface area contributed by atoms with Crippen LogP contribution in [0.15, 0.2) is 6.20 Å². The number of hydrogen-bond donors (Lipinski definition) is 1. The molecule has 1 atom stereocenters. The van der Waals surface area contributed by atoms with E-state index in [2.05, 4.69) is 5.10 Å². The molecule has 0 aliphatic heterocycles. The number of carboxylic acid groups (broad SMARTS) is 1. The van der Waals surface area contributed by atoms with Gasteiger partial charge < -0.3 is 10.0 Å². The van der Waals surface area contributed by atoms with E-state index in [1.807, 2.05) is 0 Å². The summed E-state index contributed by atoms with van der Waals surface area (Å²) < 4.78 is 1.35. The molecule has 18 heavy (non-hydrogen) atoms. The number of nitro groups is 1. The zero-order valence-electron chi connectivity index (χ0n) is 10.5. The first-order valence-electron chi connectivity index (χ1n) is 5.52. The lowest BCUT2D eigenvalue weighted by molar-refractivity contribution is -0.384. The molecule has 8 heteroatoms. The molecule has 0 aliphatic carbocycles. The summed E-state index contributed by atoms with van der Waals surface area (Å²) in [6.45, 7) is 3.99. The zero-order valence-corrected chi connectivity index (χ0v) is 10.5. The number of aryl methyl sites for hydroxylation is 1. The Labute approximate surface area is 104 Å². The first-order chi connectivity index (χ1) is 8.36. The molecule has 1 rings (SSSR count). The minimum atomic E-state index is -0.938. The van der Waals surface area contributed by atoms with Gasteiger partial charge in [-0.3, -0.25) is 19.6 Å². The van der Waals surface area contributed by atoms with Crippen molar-refractivity contribution in [3.63, 3.8) is 0 Å². The van der Waals surface area contributed by atoms with Crippen molar-refractivity contribution in [3.8, 4) is 0 Å². The number of aliphatic carboxylic acids is 1. The molecule has 0 aliphatic rings. The van der Waals surface area contributed by atoms with Gasteiger partial charge in [-0.25, -0.2) is 0 Å². The highest BCUT2D eigenvalue weighted by atomic mass is 16.6. The zero-order chi connectivity index (χ0) is 13.9. The van der Waals surface area contributed by atoms with E-state index >= 15 is 0 Å². The lowest BCUT2D eigenvalue weighted by Crippen LogP contribution is -2.32. The van der Waals surface area contributed by atoms with Crippen molar-refractivity contribution in [3.05, 3.63) is 16.3 Å². The normalized spacial score (nSPS) is 12.2. The smallest absolute Gasteiger partial charge is 0.330 e. The summed E-state index contributed by atoms with van der Waals surface area (Å²) in [5.74, 6) is -1.35. The highest BCUT2D eigenvalue weighted by Crippen LogP contribution is 2.26. The van der Waals surface area contributed by atoms with Crippen molar-refractivity contribution in [2.75, 3.05) is 18.0 Å². The highest BCUT2D eigenvalue weighted by molar-refractivity contribution is 5.70. The fraction of sp³-hybridized carbons (Fsp3) is 0.600. The molecule has 0 spiro atoms. The van der Waals surface area contributed by atoms with E-state index in [1.165, 1.54) is 10.9 Å². The standard InChI is InChI=1S/C10H16N4O4/c1-4-13(5-7(2)10(15)16)9-8(14(17)18)6-12(3)11-9/h6-7H,4-5H2,1-3H3,(H,15,16). The second kappa shape index (κ2) is 5.48. The summed E-state index contributed by atoms with van der Waals surface area (Å²) in [4.78, 5) is 22.8.